The second-order valence-corrected chi connectivity index (χ2v) is 4.63. The summed E-state index contributed by atoms with van der Waals surface area (Å²) in [4.78, 5) is 37.2. The maximum Gasteiger partial charge on any atom is 0.350 e. The molecule has 22 heavy (non-hydrogen) atoms. The molecular weight excluding hydrogens is 286 g/mol. The number of nitrogens with one attached hydrogen (secondary N) is 2. The van der Waals surface area contributed by atoms with Crippen LogP contribution in [0.3, 0.4) is 0 Å². The van der Waals surface area contributed by atoms with Crippen LogP contribution in [-0.2, 0) is 6.54 Å². The van der Waals surface area contributed by atoms with Gasteiger partial charge < -0.3 is 10.3 Å². The van der Waals surface area contributed by atoms with Crippen molar-refractivity contribution in [2.45, 2.75) is 6.54 Å². The number of H-pyrrole nitrogens is 1. The third-order valence-electron chi connectivity index (χ3n) is 3.14. The van der Waals surface area contributed by atoms with Gasteiger partial charge in [-0.15, -0.1) is 5.10 Å². The molecule has 8 nitrogen and oxygen atoms in total. The van der Waals surface area contributed by atoms with Crippen LogP contribution in [-0.4, -0.2) is 31.6 Å². The summed E-state index contributed by atoms with van der Waals surface area (Å²) in [5.74, 6) is -0.326. The first-order chi connectivity index (χ1) is 10.6. The minimum atomic E-state index is -0.326. The third kappa shape index (κ3) is 2.66. The molecule has 0 unspecified atom stereocenters. The summed E-state index contributed by atoms with van der Waals surface area (Å²) in [6.45, 7) is 0.511. The Morgan fingerprint density at radius 1 is 1.23 bits per heavy atom. The summed E-state index contributed by atoms with van der Waals surface area (Å²) in [6, 6.07) is 7.99. The summed E-state index contributed by atoms with van der Waals surface area (Å²) in [6.07, 6.45) is 2.98. The SMILES string of the molecule is O=C(NCCn1nc2ccccn2c1=O)c1ccc(=O)[nH]c1. The fraction of sp³-hybridized carbons (Fsp3) is 0.143. The highest BCUT2D eigenvalue weighted by molar-refractivity contribution is 5.93. The molecule has 112 valence electrons. The van der Waals surface area contributed by atoms with E-state index in [1.165, 1.54) is 27.4 Å². The Balaban J connectivity index is 1.66. The van der Waals surface area contributed by atoms with Gasteiger partial charge in [0.15, 0.2) is 5.65 Å². The van der Waals surface area contributed by atoms with Crippen LogP contribution < -0.4 is 16.6 Å². The van der Waals surface area contributed by atoms with Crippen LogP contribution in [0.2, 0.25) is 0 Å². The van der Waals surface area contributed by atoms with E-state index in [0.717, 1.165) is 0 Å². The third-order valence-corrected chi connectivity index (χ3v) is 3.14. The Labute approximate surface area is 124 Å². The number of carbonyl (C=O) groups is 1. The summed E-state index contributed by atoms with van der Waals surface area (Å²) in [5.41, 5.74) is 0.378. The molecule has 0 radical (unpaired) electrons. The molecule has 0 bridgehead atoms. The van der Waals surface area contributed by atoms with E-state index < -0.39 is 0 Å². The largest absolute Gasteiger partial charge is 0.350 e. The Hall–Kier alpha value is -3.16. The molecule has 0 aliphatic rings. The molecule has 3 rings (SSSR count). The van der Waals surface area contributed by atoms with Crippen molar-refractivity contribution in [1.82, 2.24) is 24.5 Å². The molecule has 0 spiro atoms. The van der Waals surface area contributed by atoms with Crippen molar-refractivity contribution in [3.05, 3.63) is 69.1 Å². The average molecular weight is 299 g/mol. The number of hydrogen-bond acceptors (Lipinski definition) is 4. The molecule has 0 saturated heterocycles. The van der Waals surface area contributed by atoms with Crippen LogP contribution in [0.25, 0.3) is 5.65 Å². The number of nitrogens with zero attached hydrogens (tertiary/aromatic N) is 3. The molecule has 0 aliphatic heterocycles. The van der Waals surface area contributed by atoms with Crippen LogP contribution in [0.15, 0.2) is 52.3 Å². The molecule has 3 heterocycles. The quantitative estimate of drug-likeness (QED) is 0.685. The Kier molecular flexibility index (Phi) is 3.57. The molecule has 1 amide bonds. The minimum absolute atomic E-state index is 0.252. The molecule has 0 aromatic carbocycles. The number of aromatic amines is 1. The normalized spacial score (nSPS) is 10.7. The number of pyridine rings is 2. The second kappa shape index (κ2) is 5.68. The Morgan fingerprint density at radius 3 is 2.82 bits per heavy atom. The maximum atomic E-state index is 12.0. The zero-order valence-electron chi connectivity index (χ0n) is 11.5. The highest BCUT2D eigenvalue weighted by atomic mass is 16.2. The van der Waals surface area contributed by atoms with Gasteiger partial charge in [-0.05, 0) is 18.2 Å². The van der Waals surface area contributed by atoms with Crippen molar-refractivity contribution in [3.63, 3.8) is 0 Å². The molecule has 2 N–H and O–H groups in total. The van der Waals surface area contributed by atoms with Crippen LogP contribution in [0.1, 0.15) is 10.4 Å². The van der Waals surface area contributed by atoms with Crippen molar-refractivity contribution in [2.75, 3.05) is 6.54 Å². The lowest BCUT2D eigenvalue weighted by Crippen LogP contribution is -2.31. The van der Waals surface area contributed by atoms with Crippen LogP contribution in [0.4, 0.5) is 0 Å². The van der Waals surface area contributed by atoms with E-state index in [0.29, 0.717) is 11.2 Å². The van der Waals surface area contributed by atoms with E-state index >= 15 is 0 Å². The predicted octanol–water partition coefficient (Wildman–Crippen LogP) is -0.386. The van der Waals surface area contributed by atoms with Crippen LogP contribution >= 0.6 is 0 Å². The van der Waals surface area contributed by atoms with Gasteiger partial charge in [-0.25, -0.2) is 9.48 Å². The number of carbonyl (C=O) groups excluding carboxylic acids is 1. The molecule has 0 aliphatic carbocycles. The zero-order valence-corrected chi connectivity index (χ0v) is 11.5. The zero-order chi connectivity index (χ0) is 15.5. The van der Waals surface area contributed by atoms with E-state index in [1.807, 2.05) is 0 Å². The molecule has 0 fully saturated rings. The number of fused-ring (bicyclic) bond motifs is 1. The van der Waals surface area contributed by atoms with Gasteiger partial charge in [-0.1, -0.05) is 6.07 Å². The molecule has 3 aromatic rings. The first kappa shape index (κ1) is 13.8. The van der Waals surface area contributed by atoms with Crippen molar-refractivity contribution in [2.24, 2.45) is 0 Å². The van der Waals surface area contributed by atoms with Gasteiger partial charge in [0, 0.05) is 25.0 Å². The minimum Gasteiger partial charge on any atom is -0.350 e. The van der Waals surface area contributed by atoms with E-state index in [9.17, 15) is 14.4 Å². The summed E-state index contributed by atoms with van der Waals surface area (Å²) in [7, 11) is 0. The van der Waals surface area contributed by atoms with Crippen molar-refractivity contribution < 1.29 is 4.79 Å². The van der Waals surface area contributed by atoms with Crippen LogP contribution in [0.5, 0.6) is 0 Å². The fourth-order valence-electron chi connectivity index (χ4n) is 2.04. The Morgan fingerprint density at radius 2 is 2.09 bits per heavy atom. The lowest BCUT2D eigenvalue weighted by atomic mass is 10.3. The van der Waals surface area contributed by atoms with Crippen LogP contribution in [0, 0.1) is 0 Å². The second-order valence-electron chi connectivity index (χ2n) is 4.63. The summed E-state index contributed by atoms with van der Waals surface area (Å²) >= 11 is 0. The van der Waals surface area contributed by atoms with E-state index in [4.69, 9.17) is 0 Å². The lowest BCUT2D eigenvalue weighted by molar-refractivity contribution is 0.0951. The highest BCUT2D eigenvalue weighted by Gasteiger charge is 2.07. The summed E-state index contributed by atoms with van der Waals surface area (Å²) < 4.78 is 2.73. The first-order valence-corrected chi connectivity index (χ1v) is 6.66. The number of rotatable bonds is 4. The number of aromatic nitrogens is 4. The van der Waals surface area contributed by atoms with Gasteiger partial charge in [0.2, 0.25) is 5.56 Å². The van der Waals surface area contributed by atoms with Gasteiger partial charge >= 0.3 is 5.69 Å². The topological polar surface area (TPSA) is 101 Å². The number of amides is 1. The monoisotopic (exact) mass is 299 g/mol. The lowest BCUT2D eigenvalue weighted by Gasteiger charge is -2.04. The van der Waals surface area contributed by atoms with Crippen molar-refractivity contribution in [3.8, 4) is 0 Å². The predicted molar refractivity (Wildman–Crippen MR) is 78.8 cm³/mol. The molecule has 3 aromatic heterocycles. The fourth-order valence-corrected chi connectivity index (χ4v) is 2.04. The highest BCUT2D eigenvalue weighted by Crippen LogP contribution is 1.95. The Bertz CT molecular complexity index is 917. The van der Waals surface area contributed by atoms with Gasteiger partial charge in [0.1, 0.15) is 0 Å². The van der Waals surface area contributed by atoms with Crippen molar-refractivity contribution >= 4 is 11.6 Å². The first-order valence-electron chi connectivity index (χ1n) is 6.66. The van der Waals surface area contributed by atoms with Gasteiger partial charge in [-0.3, -0.25) is 14.0 Å². The molecular formula is C14H13N5O3. The smallest absolute Gasteiger partial charge is 0.350 e. The van der Waals surface area contributed by atoms with E-state index in [1.54, 1.807) is 24.4 Å². The van der Waals surface area contributed by atoms with E-state index in [2.05, 4.69) is 15.4 Å². The standard InChI is InChI=1S/C14H13N5O3/c20-12-5-4-10(9-16-12)13(21)15-6-8-19-14(22)18-7-2-1-3-11(18)17-19/h1-5,7,9H,6,8H2,(H,15,21)(H,16,20). The van der Waals surface area contributed by atoms with Gasteiger partial charge in [0.05, 0.1) is 12.1 Å². The molecule has 0 saturated carbocycles. The number of hydrogen-bond donors (Lipinski definition) is 2. The maximum absolute atomic E-state index is 12.0. The van der Waals surface area contributed by atoms with Gasteiger partial charge in [-0.2, -0.15) is 0 Å². The van der Waals surface area contributed by atoms with E-state index in [-0.39, 0.29) is 30.2 Å². The van der Waals surface area contributed by atoms with Crippen molar-refractivity contribution in [1.29, 1.82) is 0 Å². The average Bonchev–Trinajstić information content (AvgIpc) is 2.85. The van der Waals surface area contributed by atoms with Gasteiger partial charge in [0.25, 0.3) is 5.91 Å². The molecule has 0 atom stereocenters. The molecule has 8 heteroatoms. The summed E-state index contributed by atoms with van der Waals surface area (Å²) in [5, 5.41) is 6.83.